The minimum absolute atomic E-state index is 0. The van der Waals surface area contributed by atoms with E-state index in [9.17, 15) is 0 Å². The number of benzene rings is 4. The molecule has 0 amide bonds. The van der Waals surface area contributed by atoms with E-state index >= 15 is 0 Å². The first-order chi connectivity index (χ1) is 26.9. The Kier molecular flexibility index (Phi) is 8.47. The Morgan fingerprint density at radius 1 is 0.706 bits per heavy atom. The van der Waals surface area contributed by atoms with Crippen molar-refractivity contribution < 1.29 is 28.3 Å². The second kappa shape index (κ2) is 15.2. The average Bonchev–Trinajstić information content (AvgIpc) is 3.62. The van der Waals surface area contributed by atoms with Gasteiger partial charge in [0.05, 0.1) is 0 Å². The molecule has 0 aliphatic heterocycles. The summed E-state index contributed by atoms with van der Waals surface area (Å²) in [6.07, 6.45) is 12.7. The molecular formula is C48H46IrN2-2. The van der Waals surface area contributed by atoms with Gasteiger partial charge in [-0.3, -0.25) is 0 Å². The Labute approximate surface area is 326 Å². The molecule has 0 N–H and O–H groups in total. The number of fused-ring (bicyclic) bond motifs is 5. The van der Waals surface area contributed by atoms with Gasteiger partial charge in [0.1, 0.15) is 0 Å². The number of hydrogen-bond acceptors (Lipinski definition) is 2. The number of aryl methyl sites for hydroxylation is 3. The molecule has 3 aliphatic carbocycles. The van der Waals surface area contributed by atoms with Gasteiger partial charge in [-0.15, -0.1) is 71.3 Å². The van der Waals surface area contributed by atoms with E-state index < -0.39 is 13.7 Å². The molecule has 0 bridgehead atoms. The van der Waals surface area contributed by atoms with Crippen LogP contribution in [0, 0.1) is 43.1 Å². The molecule has 2 fully saturated rings. The van der Waals surface area contributed by atoms with Crippen LogP contribution in [-0.4, -0.2) is 9.97 Å². The maximum Gasteiger partial charge on any atom is 0.0280 e. The first-order valence-corrected chi connectivity index (χ1v) is 18.0. The molecule has 3 heteroatoms. The zero-order valence-electron chi connectivity index (χ0n) is 35.0. The quantitative estimate of drug-likeness (QED) is 0.165. The van der Waals surface area contributed by atoms with Crippen LogP contribution in [0.15, 0.2) is 122 Å². The van der Waals surface area contributed by atoms with E-state index in [1.54, 1.807) is 36.0 Å². The minimum Gasteiger partial charge on any atom is -0.304 e. The van der Waals surface area contributed by atoms with E-state index in [1.807, 2.05) is 54.6 Å². The molecular weight excluding hydrogens is 797 g/mol. The largest absolute Gasteiger partial charge is 0.304 e. The molecule has 2 heterocycles. The first kappa shape index (κ1) is 28.4. The van der Waals surface area contributed by atoms with E-state index in [4.69, 9.17) is 8.22 Å². The standard InChI is InChI=1S/C30H32N.C18H14N.Ir/c1-20-8-13-29(31-19-20)24-6-3-5-21(18-24)22-9-11-25-23(17-22)10-12-27-26(25)14-16-30(2)15-4-7-28(27)30;1-14-12-18(16-10-6-3-7-11-16)19-13-17(14)15-8-4-2-5-9-15;/h3,5,8-9,11,13,17-19,26-28H,4,7,10,12,14-16H2,1-2H3;2-10,12-13H,1H3;/q2*-1;/t26-,27-,28+,30+;;/m1../s1/i2*1D3;. The second-order valence-corrected chi connectivity index (χ2v) is 14.6. The summed E-state index contributed by atoms with van der Waals surface area (Å²) in [6, 6.07) is 41.6. The molecule has 2 saturated carbocycles. The van der Waals surface area contributed by atoms with Crippen LogP contribution in [-0.2, 0) is 26.5 Å². The van der Waals surface area contributed by atoms with Crippen molar-refractivity contribution in [2.24, 2.45) is 17.3 Å². The van der Waals surface area contributed by atoms with Gasteiger partial charge in [-0.2, -0.15) is 0 Å². The van der Waals surface area contributed by atoms with Crippen molar-refractivity contribution in [1.82, 2.24) is 9.97 Å². The Morgan fingerprint density at radius 3 is 2.35 bits per heavy atom. The van der Waals surface area contributed by atoms with E-state index in [0.717, 1.165) is 45.7 Å². The van der Waals surface area contributed by atoms with Gasteiger partial charge in [-0.05, 0) is 120 Å². The zero-order valence-corrected chi connectivity index (χ0v) is 31.4. The third kappa shape index (κ3) is 7.30. The van der Waals surface area contributed by atoms with Gasteiger partial charge in [-0.25, -0.2) is 0 Å². The fraction of sp³-hybridized carbons (Fsp3) is 0.292. The van der Waals surface area contributed by atoms with Crippen LogP contribution >= 0.6 is 0 Å². The summed E-state index contributed by atoms with van der Waals surface area (Å²) in [6.45, 7) is -1.76. The molecule has 0 saturated heterocycles. The van der Waals surface area contributed by atoms with Crippen LogP contribution in [0.2, 0.25) is 0 Å². The molecule has 4 atom stereocenters. The summed E-state index contributed by atoms with van der Waals surface area (Å²) < 4.78 is 46.1. The van der Waals surface area contributed by atoms with Crippen LogP contribution in [0.5, 0.6) is 0 Å². The van der Waals surface area contributed by atoms with Crippen LogP contribution in [0.3, 0.4) is 0 Å². The van der Waals surface area contributed by atoms with Gasteiger partial charge in [-0.1, -0.05) is 80.1 Å². The molecule has 2 aromatic heterocycles. The topological polar surface area (TPSA) is 25.8 Å². The number of hydrogen-bond donors (Lipinski definition) is 0. The van der Waals surface area contributed by atoms with Crippen molar-refractivity contribution >= 4 is 0 Å². The van der Waals surface area contributed by atoms with Crippen LogP contribution < -0.4 is 0 Å². The SMILES string of the molecule is [2H]C([2H])([2H])c1cc(-c2[c-]cccc2)ncc1-c1ccccc1.[2H]C([2H])([2H])c1ccc(-c2[c-]ccc(-c3ccc4c(c3)CC[C@@H]3[C@@H]4CC[C@]4(C)CCC[C@@H]34)c2)nc1.[Ir]. The van der Waals surface area contributed by atoms with Gasteiger partial charge in [0, 0.05) is 46.3 Å². The summed E-state index contributed by atoms with van der Waals surface area (Å²) in [5.74, 6) is 2.55. The van der Waals surface area contributed by atoms with E-state index in [-0.39, 0.29) is 25.7 Å². The summed E-state index contributed by atoms with van der Waals surface area (Å²) in [5.41, 5.74) is 11.3. The predicted molar refractivity (Wildman–Crippen MR) is 207 cm³/mol. The smallest absolute Gasteiger partial charge is 0.0280 e. The van der Waals surface area contributed by atoms with Gasteiger partial charge < -0.3 is 9.97 Å². The Morgan fingerprint density at radius 2 is 1.55 bits per heavy atom. The fourth-order valence-corrected chi connectivity index (χ4v) is 9.11. The van der Waals surface area contributed by atoms with E-state index in [1.165, 1.54) is 62.3 Å². The molecule has 4 aromatic carbocycles. The Hall–Kier alpha value is -4.17. The number of nitrogens with zero attached hydrogens (tertiary/aromatic N) is 2. The van der Waals surface area contributed by atoms with Crippen LogP contribution in [0.25, 0.3) is 44.8 Å². The summed E-state index contributed by atoms with van der Waals surface area (Å²) in [5, 5.41) is 0. The van der Waals surface area contributed by atoms with Gasteiger partial charge in [0.15, 0.2) is 0 Å². The Bertz CT molecular complexity index is 2310. The van der Waals surface area contributed by atoms with Crippen molar-refractivity contribution in [3.05, 3.63) is 156 Å². The van der Waals surface area contributed by atoms with Gasteiger partial charge in [0.25, 0.3) is 0 Å². The first-order valence-electron chi connectivity index (χ1n) is 21.0. The number of pyridine rings is 2. The van der Waals surface area contributed by atoms with Crippen molar-refractivity contribution in [2.45, 2.75) is 71.5 Å². The number of aromatic nitrogens is 2. The molecule has 51 heavy (non-hydrogen) atoms. The van der Waals surface area contributed by atoms with Crippen LogP contribution in [0.1, 0.15) is 81.8 Å². The molecule has 3 aliphatic rings. The summed E-state index contributed by atoms with van der Waals surface area (Å²) >= 11 is 0. The minimum atomic E-state index is -2.20. The normalized spacial score (nSPS) is 23.8. The molecule has 0 unspecified atom stereocenters. The second-order valence-electron chi connectivity index (χ2n) is 14.6. The van der Waals surface area contributed by atoms with Crippen molar-refractivity contribution in [3.8, 4) is 44.8 Å². The number of rotatable bonds is 4. The van der Waals surface area contributed by atoms with Crippen molar-refractivity contribution in [2.75, 3.05) is 0 Å². The Balaban J connectivity index is 0.000000188. The van der Waals surface area contributed by atoms with Gasteiger partial charge in [0.2, 0.25) is 0 Å². The molecule has 2 nitrogen and oxygen atoms in total. The van der Waals surface area contributed by atoms with Crippen LogP contribution in [0.4, 0.5) is 0 Å². The molecule has 259 valence electrons. The predicted octanol–water partition coefficient (Wildman–Crippen LogP) is 12.3. The molecule has 9 rings (SSSR count). The zero-order chi connectivity index (χ0) is 39.1. The summed E-state index contributed by atoms with van der Waals surface area (Å²) in [7, 11) is 0. The van der Waals surface area contributed by atoms with Gasteiger partial charge >= 0.3 is 0 Å². The maximum absolute atomic E-state index is 7.82. The van der Waals surface area contributed by atoms with E-state index in [2.05, 4.69) is 59.4 Å². The molecule has 0 spiro atoms. The fourth-order valence-electron chi connectivity index (χ4n) is 9.11. The monoisotopic (exact) mass is 849 g/mol. The third-order valence-corrected chi connectivity index (χ3v) is 11.7. The van der Waals surface area contributed by atoms with Crippen molar-refractivity contribution in [3.63, 3.8) is 0 Å². The third-order valence-electron chi connectivity index (χ3n) is 11.7. The molecule has 1 radical (unpaired) electrons. The van der Waals surface area contributed by atoms with Crippen molar-refractivity contribution in [1.29, 1.82) is 0 Å². The molecule has 6 aromatic rings. The maximum atomic E-state index is 7.82. The summed E-state index contributed by atoms with van der Waals surface area (Å²) in [4.78, 5) is 8.82. The average molecular weight is 849 g/mol. The van der Waals surface area contributed by atoms with E-state index in [0.29, 0.717) is 22.2 Å².